The minimum absolute atomic E-state index is 0.00136. The number of rotatable bonds is 12. The van der Waals surface area contributed by atoms with Gasteiger partial charge in [0, 0.05) is 32.7 Å². The molecule has 2 aliphatic heterocycles. The second-order valence-corrected chi connectivity index (χ2v) is 15.4. The van der Waals surface area contributed by atoms with Crippen molar-refractivity contribution in [1.29, 1.82) is 0 Å². The number of sulfonamides is 1. The maximum absolute atomic E-state index is 13.9. The highest BCUT2D eigenvalue weighted by Crippen LogP contribution is 2.34. The summed E-state index contributed by atoms with van der Waals surface area (Å²) in [5.41, 5.74) is 3.83. The number of fused-ring (bicyclic) bond motifs is 2. The molecule has 1 amide bonds. The molecule has 0 saturated carbocycles. The average molecular weight is 796 g/mol. The number of halogens is 3. The van der Waals surface area contributed by atoms with Crippen LogP contribution in [0.25, 0.3) is 11.2 Å². The highest BCUT2D eigenvalue weighted by molar-refractivity contribution is 7.89. The molecule has 2 aliphatic rings. The zero-order valence-corrected chi connectivity index (χ0v) is 31.2. The molecule has 296 valence electrons. The Balaban J connectivity index is 1.23. The quantitative estimate of drug-likeness (QED) is 0.145. The minimum atomic E-state index is -5.11. The van der Waals surface area contributed by atoms with Crippen LogP contribution in [0.5, 0.6) is 0 Å². The van der Waals surface area contributed by atoms with Crippen molar-refractivity contribution in [1.82, 2.24) is 29.1 Å². The second-order valence-electron chi connectivity index (χ2n) is 13.7. The molecule has 0 aliphatic carbocycles. The number of aromatic nitrogens is 4. The average Bonchev–Trinajstić information content (AvgIpc) is 3.73. The molecule has 4 N–H and O–H groups in total. The highest BCUT2D eigenvalue weighted by atomic mass is 32.2. The molecule has 0 radical (unpaired) electrons. The van der Waals surface area contributed by atoms with E-state index in [9.17, 15) is 36.6 Å². The van der Waals surface area contributed by atoms with E-state index in [0.717, 1.165) is 11.1 Å². The Labute approximate surface area is 320 Å². The number of nitrogens with zero attached hydrogens (tertiary/aromatic N) is 5. The van der Waals surface area contributed by atoms with Crippen molar-refractivity contribution in [2.24, 2.45) is 0 Å². The lowest BCUT2D eigenvalue weighted by atomic mass is 9.91. The van der Waals surface area contributed by atoms with E-state index in [4.69, 9.17) is 9.47 Å². The Morgan fingerprint density at radius 2 is 1.68 bits per heavy atom. The van der Waals surface area contributed by atoms with Crippen molar-refractivity contribution in [2.75, 3.05) is 32.1 Å². The molecule has 1 saturated heterocycles. The van der Waals surface area contributed by atoms with Crippen molar-refractivity contribution in [2.45, 2.75) is 68.0 Å². The molecule has 4 atom stereocenters. The van der Waals surface area contributed by atoms with E-state index in [2.05, 4.69) is 25.0 Å². The minimum Gasteiger partial charge on any atom is -0.387 e. The van der Waals surface area contributed by atoms with E-state index in [1.807, 2.05) is 60.7 Å². The molecule has 14 nitrogen and oxygen atoms in total. The van der Waals surface area contributed by atoms with Gasteiger partial charge in [-0.3, -0.25) is 9.36 Å². The molecule has 4 heterocycles. The van der Waals surface area contributed by atoms with Gasteiger partial charge in [0.25, 0.3) is 0 Å². The van der Waals surface area contributed by atoms with Crippen LogP contribution in [-0.2, 0) is 43.8 Å². The summed E-state index contributed by atoms with van der Waals surface area (Å²) in [5, 5.41) is 25.0. The summed E-state index contributed by atoms with van der Waals surface area (Å²) < 4.78 is 83.0. The normalized spacial score (nSPS) is 20.1. The first-order valence-electron chi connectivity index (χ1n) is 17.8. The number of alkyl halides is 3. The number of carbonyl (C=O) groups excluding carboxylic acids is 1. The van der Waals surface area contributed by atoms with Crippen LogP contribution < -0.4 is 10.0 Å². The number of carbonyl (C=O) groups is 1. The van der Waals surface area contributed by atoms with Crippen molar-refractivity contribution in [3.05, 3.63) is 113 Å². The number of imidazole rings is 1. The Morgan fingerprint density at radius 3 is 2.32 bits per heavy atom. The van der Waals surface area contributed by atoms with Gasteiger partial charge in [0.05, 0.1) is 24.4 Å². The zero-order valence-electron chi connectivity index (χ0n) is 30.3. The van der Waals surface area contributed by atoms with Gasteiger partial charge in [0.2, 0.25) is 10.0 Å². The molecule has 3 aromatic carbocycles. The van der Waals surface area contributed by atoms with Crippen molar-refractivity contribution in [3.63, 3.8) is 0 Å². The first kappa shape index (κ1) is 39.3. The number of methoxy groups -OCH3 is 1. The summed E-state index contributed by atoms with van der Waals surface area (Å²) in [6.07, 6.45) is -8.35. The molecular formula is C38H40F3N7O7S. The number of anilines is 1. The summed E-state index contributed by atoms with van der Waals surface area (Å²) >= 11 is 0. The van der Waals surface area contributed by atoms with Crippen LogP contribution in [0.15, 0.2) is 84.0 Å². The number of ether oxygens (including phenoxy) is 2. The number of hydrogen-bond acceptors (Lipinski definition) is 11. The molecule has 18 heteroatoms. The molecule has 1 fully saturated rings. The summed E-state index contributed by atoms with van der Waals surface area (Å²) in [7, 11) is -2.98. The Hall–Kier alpha value is -4.98. The number of amides is 1. The number of aliphatic hydroxyl groups is 2. The van der Waals surface area contributed by atoms with E-state index in [1.54, 1.807) is 13.0 Å². The van der Waals surface area contributed by atoms with Crippen LogP contribution >= 0.6 is 0 Å². The van der Waals surface area contributed by atoms with Crippen molar-refractivity contribution in [3.8, 4) is 0 Å². The molecule has 56 heavy (non-hydrogen) atoms. The molecular weight excluding hydrogens is 756 g/mol. The maximum atomic E-state index is 13.9. The highest BCUT2D eigenvalue weighted by Gasteiger charge is 2.45. The van der Waals surface area contributed by atoms with Gasteiger partial charge < -0.3 is 29.9 Å². The number of hydrogen-bond donors (Lipinski definition) is 4. The monoisotopic (exact) mass is 795 g/mol. The van der Waals surface area contributed by atoms with Gasteiger partial charge in [-0.25, -0.2) is 28.1 Å². The predicted molar refractivity (Wildman–Crippen MR) is 197 cm³/mol. The summed E-state index contributed by atoms with van der Waals surface area (Å²) in [5.74, 6) is -1.96. The molecule has 4 unspecified atom stereocenters. The molecule has 2 aromatic heterocycles. The van der Waals surface area contributed by atoms with Gasteiger partial charge in [0.15, 0.2) is 23.2 Å². The third kappa shape index (κ3) is 7.85. The van der Waals surface area contributed by atoms with E-state index in [1.165, 1.54) is 24.1 Å². The Morgan fingerprint density at radius 1 is 1.00 bits per heavy atom. The summed E-state index contributed by atoms with van der Waals surface area (Å²) in [4.78, 5) is 26.3. The van der Waals surface area contributed by atoms with Crippen molar-refractivity contribution >= 4 is 32.9 Å². The van der Waals surface area contributed by atoms with Gasteiger partial charge >= 0.3 is 12.1 Å². The van der Waals surface area contributed by atoms with Gasteiger partial charge in [-0.15, -0.1) is 0 Å². The van der Waals surface area contributed by atoms with E-state index in [-0.39, 0.29) is 58.8 Å². The van der Waals surface area contributed by atoms with Gasteiger partial charge in [0.1, 0.15) is 24.1 Å². The van der Waals surface area contributed by atoms with Crippen LogP contribution in [-0.4, -0.2) is 100 Å². The lowest BCUT2D eigenvalue weighted by Crippen LogP contribution is -2.44. The van der Waals surface area contributed by atoms with E-state index >= 15 is 0 Å². The first-order valence-corrected chi connectivity index (χ1v) is 19.3. The number of nitrogens with one attached hydrogen (secondary N) is 2. The van der Waals surface area contributed by atoms with Crippen LogP contribution in [0, 0.1) is 6.92 Å². The zero-order chi connectivity index (χ0) is 39.8. The summed E-state index contributed by atoms with van der Waals surface area (Å²) in [6, 6.07) is 22.5. The predicted octanol–water partition coefficient (Wildman–Crippen LogP) is 3.57. The largest absolute Gasteiger partial charge is 0.471 e. The SMILES string of the molecule is COCC1OC(n2cnc3c(NCC(c4ccccc4)c4ccccc4)nc(CNS(=O)(=O)c4ccc(C)c5c4CN(C(=O)C(F)(F)F)CC5)nc32)C(O)C1O. The number of aliphatic hydroxyl groups excluding tert-OH is 2. The van der Waals surface area contributed by atoms with Crippen LogP contribution in [0.2, 0.25) is 0 Å². The number of aryl methyl sites for hydroxylation is 1. The fourth-order valence-corrected chi connectivity index (χ4v) is 8.51. The summed E-state index contributed by atoms with van der Waals surface area (Å²) in [6.45, 7) is 0.852. The molecule has 0 spiro atoms. The van der Waals surface area contributed by atoms with Gasteiger partial charge in [-0.05, 0) is 47.2 Å². The van der Waals surface area contributed by atoms with Crippen LogP contribution in [0.1, 0.15) is 45.8 Å². The fourth-order valence-electron chi connectivity index (χ4n) is 7.28. The molecule has 5 aromatic rings. The lowest BCUT2D eigenvalue weighted by molar-refractivity contribution is -0.186. The van der Waals surface area contributed by atoms with Crippen LogP contribution in [0.3, 0.4) is 0 Å². The molecule has 7 rings (SSSR count). The smallest absolute Gasteiger partial charge is 0.387 e. The second kappa shape index (κ2) is 15.9. The van der Waals surface area contributed by atoms with E-state index in [0.29, 0.717) is 22.6 Å². The maximum Gasteiger partial charge on any atom is 0.471 e. The lowest BCUT2D eigenvalue weighted by Gasteiger charge is -2.31. The first-order chi connectivity index (χ1) is 26.8. The van der Waals surface area contributed by atoms with Crippen molar-refractivity contribution < 1.29 is 46.1 Å². The third-order valence-corrected chi connectivity index (χ3v) is 11.6. The van der Waals surface area contributed by atoms with Crippen LogP contribution in [0.4, 0.5) is 19.0 Å². The Kier molecular flexibility index (Phi) is 11.1. The molecule has 0 bridgehead atoms. The number of benzene rings is 3. The third-order valence-electron chi connectivity index (χ3n) is 10.1. The fraction of sp³-hybridized carbons (Fsp3) is 0.368. The Bertz CT molecular complexity index is 2270. The van der Waals surface area contributed by atoms with E-state index < -0.39 is 59.7 Å². The topological polar surface area (TPSA) is 181 Å². The van der Waals surface area contributed by atoms with Gasteiger partial charge in [-0.2, -0.15) is 13.2 Å². The standard InChI is InChI=1S/C38H40F3N7O7S/c1-22-13-14-29(27-19-47(16-15-25(22)27)37(51)38(39,40)41)56(52,53)44-18-30-45-34(42-17-26(23-9-5-3-6-10-23)24-11-7-4-8-12-24)31-35(46-30)48(21-43-31)36-33(50)32(49)28(55-36)20-54-2/h3-14,21,26,28,32-33,36,44,49-50H,15-20H2,1-2H3,(H,42,45,46). The van der Waals surface area contributed by atoms with Gasteiger partial charge in [-0.1, -0.05) is 66.7 Å².